The molecular formula is C41H29N. The van der Waals surface area contributed by atoms with Crippen molar-refractivity contribution in [3.63, 3.8) is 0 Å². The molecular weight excluding hydrogens is 506 g/mol. The van der Waals surface area contributed by atoms with Gasteiger partial charge in [-0.3, -0.25) is 0 Å². The highest BCUT2D eigenvalue weighted by Gasteiger charge is 2.21. The molecule has 0 fully saturated rings. The van der Waals surface area contributed by atoms with Crippen LogP contribution >= 0.6 is 0 Å². The third-order valence-corrected chi connectivity index (χ3v) is 9.27. The summed E-state index contributed by atoms with van der Waals surface area (Å²) in [7, 11) is 0. The first-order chi connectivity index (χ1) is 20.5. The summed E-state index contributed by atoms with van der Waals surface area (Å²) in [6, 6.07) is 45.6. The molecule has 0 aliphatic heterocycles. The third-order valence-electron chi connectivity index (χ3n) is 9.27. The molecule has 42 heavy (non-hydrogen) atoms. The van der Waals surface area contributed by atoms with Crippen LogP contribution in [0.1, 0.15) is 16.7 Å². The van der Waals surface area contributed by atoms with Gasteiger partial charge in [-0.2, -0.15) is 0 Å². The fourth-order valence-electron chi connectivity index (χ4n) is 7.67. The SMILES string of the molecule is Cc1cc(C)c(N(c2cc3ccc4cccc5ccc(c2)c3c45)c2cc3ccc4cccc5ccc(c2)c3c45)c(C)c1. The fraction of sp³-hybridized carbons (Fsp3) is 0.0732. The number of hydrogen-bond acceptors (Lipinski definition) is 1. The predicted molar refractivity (Wildman–Crippen MR) is 183 cm³/mol. The van der Waals surface area contributed by atoms with Gasteiger partial charge in [0.1, 0.15) is 0 Å². The van der Waals surface area contributed by atoms with Crippen molar-refractivity contribution in [1.82, 2.24) is 0 Å². The molecule has 1 nitrogen and oxygen atoms in total. The number of hydrogen-bond donors (Lipinski definition) is 0. The molecule has 198 valence electrons. The minimum absolute atomic E-state index is 1.18. The van der Waals surface area contributed by atoms with Crippen LogP contribution in [0.4, 0.5) is 17.1 Å². The molecule has 0 spiro atoms. The minimum atomic E-state index is 1.18. The second-order valence-corrected chi connectivity index (χ2v) is 12.0. The average Bonchev–Trinajstić information content (AvgIpc) is 3.00. The van der Waals surface area contributed by atoms with Gasteiger partial charge in [0, 0.05) is 11.4 Å². The van der Waals surface area contributed by atoms with E-state index in [-0.39, 0.29) is 0 Å². The Kier molecular flexibility index (Phi) is 4.73. The molecule has 0 aliphatic rings. The van der Waals surface area contributed by atoms with Crippen LogP contribution in [0, 0.1) is 20.8 Å². The zero-order valence-electron chi connectivity index (χ0n) is 24.0. The maximum absolute atomic E-state index is 2.49. The van der Waals surface area contributed by atoms with Gasteiger partial charge in [-0.05, 0) is 121 Å². The maximum Gasteiger partial charge on any atom is 0.0520 e. The second-order valence-electron chi connectivity index (χ2n) is 12.0. The molecule has 0 aromatic heterocycles. The van der Waals surface area contributed by atoms with Crippen LogP contribution in [0.3, 0.4) is 0 Å². The first-order valence-corrected chi connectivity index (χ1v) is 14.8. The van der Waals surface area contributed by atoms with E-state index < -0.39 is 0 Å². The Balaban J connectivity index is 1.37. The molecule has 0 unspecified atom stereocenters. The van der Waals surface area contributed by atoms with Crippen LogP contribution in [-0.2, 0) is 0 Å². The van der Waals surface area contributed by atoms with Crippen molar-refractivity contribution in [1.29, 1.82) is 0 Å². The summed E-state index contributed by atoms with van der Waals surface area (Å²) >= 11 is 0. The van der Waals surface area contributed by atoms with Crippen LogP contribution in [0.2, 0.25) is 0 Å². The van der Waals surface area contributed by atoms with Gasteiger partial charge in [0.15, 0.2) is 0 Å². The van der Waals surface area contributed by atoms with Crippen LogP contribution in [0.15, 0.2) is 121 Å². The Labute approximate surface area is 244 Å². The normalized spacial score (nSPS) is 12.2. The standard InChI is InChI=1S/C41H29N/c1-24-18-25(2)41(26(3)19-24)42(35-20-31-14-10-27-6-4-7-28-11-15-32(21-35)39(31)37(27)28)36-22-33-16-12-29-8-5-9-30-13-17-34(23-36)40(33)38(29)30/h4-23H,1-3H3. The Morgan fingerprint density at radius 3 is 1.02 bits per heavy atom. The molecule has 9 aromatic rings. The Morgan fingerprint density at radius 2 is 0.667 bits per heavy atom. The van der Waals surface area contributed by atoms with E-state index in [1.54, 1.807) is 0 Å². The van der Waals surface area contributed by atoms with E-state index in [1.165, 1.54) is 98.4 Å². The predicted octanol–water partition coefficient (Wildman–Crippen LogP) is 11.9. The van der Waals surface area contributed by atoms with Crippen molar-refractivity contribution in [2.75, 3.05) is 4.90 Å². The summed E-state index contributed by atoms with van der Waals surface area (Å²) in [4.78, 5) is 2.49. The molecule has 0 aliphatic carbocycles. The maximum atomic E-state index is 2.49. The molecule has 9 rings (SSSR count). The van der Waals surface area contributed by atoms with Crippen molar-refractivity contribution in [3.05, 3.63) is 138 Å². The van der Waals surface area contributed by atoms with Crippen molar-refractivity contribution in [3.8, 4) is 0 Å². The first kappa shape index (κ1) is 23.6. The first-order valence-electron chi connectivity index (χ1n) is 14.8. The van der Waals surface area contributed by atoms with Gasteiger partial charge in [0.2, 0.25) is 0 Å². The largest absolute Gasteiger partial charge is 0.310 e. The van der Waals surface area contributed by atoms with Gasteiger partial charge in [0.25, 0.3) is 0 Å². The zero-order chi connectivity index (χ0) is 28.1. The summed E-state index contributed by atoms with van der Waals surface area (Å²) in [6.07, 6.45) is 0. The molecule has 0 saturated heterocycles. The van der Waals surface area contributed by atoms with E-state index in [1.807, 2.05) is 0 Å². The average molecular weight is 536 g/mol. The van der Waals surface area contributed by atoms with Crippen molar-refractivity contribution < 1.29 is 0 Å². The lowest BCUT2D eigenvalue weighted by atomic mass is 9.92. The number of anilines is 3. The van der Waals surface area contributed by atoms with Gasteiger partial charge in [-0.25, -0.2) is 0 Å². The van der Waals surface area contributed by atoms with Crippen molar-refractivity contribution in [2.24, 2.45) is 0 Å². The van der Waals surface area contributed by atoms with Gasteiger partial charge in [-0.1, -0.05) is 103 Å². The fourth-order valence-corrected chi connectivity index (χ4v) is 7.67. The number of aryl methyl sites for hydroxylation is 3. The Bertz CT molecular complexity index is 2200. The Morgan fingerprint density at radius 1 is 0.357 bits per heavy atom. The van der Waals surface area contributed by atoms with Crippen molar-refractivity contribution in [2.45, 2.75) is 20.8 Å². The lowest BCUT2D eigenvalue weighted by Gasteiger charge is -2.30. The molecule has 0 atom stereocenters. The highest BCUT2D eigenvalue weighted by Crippen LogP contribution is 2.46. The molecule has 9 aromatic carbocycles. The smallest absolute Gasteiger partial charge is 0.0520 e. The van der Waals surface area contributed by atoms with E-state index in [4.69, 9.17) is 0 Å². The van der Waals surface area contributed by atoms with Gasteiger partial charge in [0.05, 0.1) is 5.69 Å². The lowest BCUT2D eigenvalue weighted by Crippen LogP contribution is -2.13. The van der Waals surface area contributed by atoms with Crippen LogP contribution < -0.4 is 4.90 Å². The molecule has 0 bridgehead atoms. The molecule has 0 amide bonds. The molecule has 0 saturated carbocycles. The summed E-state index contributed by atoms with van der Waals surface area (Å²) in [6.45, 7) is 6.69. The zero-order valence-corrected chi connectivity index (χ0v) is 24.0. The van der Waals surface area contributed by atoms with E-state index in [0.29, 0.717) is 0 Å². The highest BCUT2D eigenvalue weighted by molar-refractivity contribution is 6.25. The molecule has 0 radical (unpaired) electrons. The minimum Gasteiger partial charge on any atom is -0.310 e. The Hall–Kier alpha value is -5.14. The summed E-state index contributed by atoms with van der Waals surface area (Å²) < 4.78 is 0. The topological polar surface area (TPSA) is 3.24 Å². The highest BCUT2D eigenvalue weighted by atomic mass is 15.1. The van der Waals surface area contributed by atoms with Crippen molar-refractivity contribution >= 4 is 81.7 Å². The third kappa shape index (κ3) is 3.25. The van der Waals surface area contributed by atoms with Crippen LogP contribution in [0.5, 0.6) is 0 Å². The van der Waals surface area contributed by atoms with Crippen LogP contribution in [-0.4, -0.2) is 0 Å². The second kappa shape index (κ2) is 8.44. The summed E-state index contributed by atoms with van der Waals surface area (Å²) in [5.41, 5.74) is 7.47. The summed E-state index contributed by atoms with van der Waals surface area (Å²) in [5.74, 6) is 0. The molecule has 0 heterocycles. The van der Waals surface area contributed by atoms with Crippen LogP contribution in [0.25, 0.3) is 64.6 Å². The van der Waals surface area contributed by atoms with E-state index in [9.17, 15) is 0 Å². The summed E-state index contributed by atoms with van der Waals surface area (Å²) in [5, 5.41) is 15.7. The molecule has 0 N–H and O–H groups in total. The monoisotopic (exact) mass is 535 g/mol. The van der Waals surface area contributed by atoms with Gasteiger partial charge >= 0.3 is 0 Å². The quantitative estimate of drug-likeness (QED) is 0.203. The molecule has 1 heteroatoms. The van der Waals surface area contributed by atoms with Gasteiger partial charge < -0.3 is 4.90 Å². The van der Waals surface area contributed by atoms with E-state index in [2.05, 4.69) is 147 Å². The number of nitrogens with zero attached hydrogens (tertiary/aromatic N) is 1. The number of rotatable bonds is 3. The lowest BCUT2D eigenvalue weighted by molar-refractivity contribution is 1.21. The number of benzene rings is 9. The van der Waals surface area contributed by atoms with Gasteiger partial charge in [-0.15, -0.1) is 0 Å². The van der Waals surface area contributed by atoms with E-state index in [0.717, 1.165) is 0 Å². The van der Waals surface area contributed by atoms with E-state index >= 15 is 0 Å².